The lowest BCUT2D eigenvalue weighted by molar-refractivity contribution is 0.412. The van der Waals surface area contributed by atoms with Crippen LogP contribution in [0.3, 0.4) is 0 Å². The number of ether oxygens (including phenoxy) is 1. The Hall–Kier alpha value is -1.39. The fraction of sp³-hybridized carbons (Fsp3) is 0.294. The van der Waals surface area contributed by atoms with E-state index in [1.54, 1.807) is 6.07 Å². The molecule has 0 aliphatic rings. The second kappa shape index (κ2) is 6.58. The van der Waals surface area contributed by atoms with Crippen molar-refractivity contribution < 1.29 is 9.13 Å². The van der Waals surface area contributed by atoms with Crippen LogP contribution in [0.2, 0.25) is 0 Å². The maximum atomic E-state index is 13.5. The first kappa shape index (κ1) is 16.0. The van der Waals surface area contributed by atoms with Gasteiger partial charge in [0, 0.05) is 17.6 Å². The average Bonchev–Trinajstić information content (AvgIpc) is 2.40. The molecule has 4 heteroatoms. The lowest BCUT2D eigenvalue weighted by Gasteiger charge is -2.21. The average molecular weight is 352 g/mol. The summed E-state index contributed by atoms with van der Waals surface area (Å²) in [4.78, 5) is 0. The van der Waals surface area contributed by atoms with Crippen molar-refractivity contribution in [2.24, 2.45) is 0 Å². The van der Waals surface area contributed by atoms with E-state index in [0.717, 1.165) is 10.0 Å². The Bertz CT molecular complexity index is 622. The molecule has 0 bridgehead atoms. The Labute approximate surface area is 133 Å². The maximum absolute atomic E-state index is 13.5. The molecule has 0 amide bonds. The van der Waals surface area contributed by atoms with Crippen molar-refractivity contribution in [1.82, 2.24) is 5.32 Å². The van der Waals surface area contributed by atoms with Crippen LogP contribution in [0, 0.1) is 5.82 Å². The van der Waals surface area contributed by atoms with E-state index >= 15 is 0 Å². The summed E-state index contributed by atoms with van der Waals surface area (Å²) in [5, 5.41) is 3.35. The molecular weight excluding hydrogens is 333 g/mol. The first-order chi connectivity index (χ1) is 9.85. The van der Waals surface area contributed by atoms with Gasteiger partial charge in [-0.3, -0.25) is 0 Å². The van der Waals surface area contributed by atoms with Crippen molar-refractivity contribution in [2.45, 2.75) is 32.9 Å². The molecular formula is C17H19BrFNO. The van der Waals surface area contributed by atoms with Crippen molar-refractivity contribution in [3.63, 3.8) is 0 Å². The van der Waals surface area contributed by atoms with Gasteiger partial charge in [0.1, 0.15) is 17.3 Å². The molecule has 0 unspecified atom stereocenters. The topological polar surface area (TPSA) is 21.3 Å². The molecule has 1 N–H and O–H groups in total. The third kappa shape index (κ3) is 4.83. The van der Waals surface area contributed by atoms with Crippen molar-refractivity contribution in [3.8, 4) is 11.5 Å². The van der Waals surface area contributed by atoms with Crippen LogP contribution in [-0.4, -0.2) is 5.54 Å². The molecule has 21 heavy (non-hydrogen) atoms. The summed E-state index contributed by atoms with van der Waals surface area (Å²) in [5.41, 5.74) is 0.748. The van der Waals surface area contributed by atoms with E-state index in [9.17, 15) is 4.39 Å². The SMILES string of the molecule is CC(C)(C)NCc1cc(F)ccc1Oc1ccccc1Br. The predicted molar refractivity (Wildman–Crippen MR) is 87.2 cm³/mol. The van der Waals surface area contributed by atoms with Crippen LogP contribution in [-0.2, 0) is 6.54 Å². The maximum Gasteiger partial charge on any atom is 0.141 e. The number of nitrogens with one attached hydrogen (secondary N) is 1. The number of benzene rings is 2. The largest absolute Gasteiger partial charge is 0.456 e. The third-order valence-electron chi connectivity index (χ3n) is 2.89. The highest BCUT2D eigenvalue weighted by molar-refractivity contribution is 9.10. The van der Waals surface area contributed by atoms with E-state index in [1.807, 2.05) is 24.3 Å². The van der Waals surface area contributed by atoms with Gasteiger partial charge >= 0.3 is 0 Å². The van der Waals surface area contributed by atoms with Gasteiger partial charge in [0.05, 0.1) is 4.47 Å². The Kier molecular flexibility index (Phi) is 5.01. The molecule has 0 heterocycles. The number of hydrogen-bond donors (Lipinski definition) is 1. The van der Waals surface area contributed by atoms with E-state index < -0.39 is 0 Å². The molecule has 0 atom stereocenters. The number of halogens is 2. The van der Waals surface area contributed by atoms with Crippen LogP contribution in [0.15, 0.2) is 46.9 Å². The van der Waals surface area contributed by atoms with Crippen molar-refractivity contribution in [1.29, 1.82) is 0 Å². The first-order valence-electron chi connectivity index (χ1n) is 6.81. The molecule has 2 rings (SSSR count). The number of para-hydroxylation sites is 1. The Morgan fingerprint density at radius 1 is 1.10 bits per heavy atom. The fourth-order valence-corrected chi connectivity index (χ4v) is 2.16. The van der Waals surface area contributed by atoms with Crippen LogP contribution in [0.25, 0.3) is 0 Å². The van der Waals surface area contributed by atoms with E-state index in [2.05, 4.69) is 42.0 Å². The van der Waals surface area contributed by atoms with Crippen molar-refractivity contribution in [2.75, 3.05) is 0 Å². The predicted octanol–water partition coefficient (Wildman–Crippen LogP) is 5.27. The molecule has 2 nitrogen and oxygen atoms in total. The van der Waals surface area contributed by atoms with Crippen LogP contribution >= 0.6 is 15.9 Å². The molecule has 0 radical (unpaired) electrons. The van der Waals surface area contributed by atoms with Crippen LogP contribution < -0.4 is 10.1 Å². The second-order valence-corrected chi connectivity index (χ2v) is 6.74. The normalized spacial score (nSPS) is 11.5. The highest BCUT2D eigenvalue weighted by atomic mass is 79.9. The standard InChI is InChI=1S/C17H19BrFNO/c1-17(2,3)20-11-12-10-13(19)8-9-15(12)21-16-7-5-4-6-14(16)18/h4-10,20H,11H2,1-3H3. The number of rotatable bonds is 4. The zero-order chi connectivity index (χ0) is 15.5. The Morgan fingerprint density at radius 3 is 2.48 bits per heavy atom. The quantitative estimate of drug-likeness (QED) is 0.810. The summed E-state index contributed by atoms with van der Waals surface area (Å²) in [6.07, 6.45) is 0. The van der Waals surface area contributed by atoms with Crippen LogP contribution in [0.1, 0.15) is 26.3 Å². The van der Waals surface area contributed by atoms with E-state index in [4.69, 9.17) is 4.74 Å². The van der Waals surface area contributed by atoms with E-state index in [1.165, 1.54) is 12.1 Å². The van der Waals surface area contributed by atoms with Gasteiger partial charge in [-0.2, -0.15) is 0 Å². The molecule has 2 aromatic carbocycles. The summed E-state index contributed by atoms with van der Waals surface area (Å²) in [6.45, 7) is 6.75. The summed E-state index contributed by atoms with van der Waals surface area (Å²) >= 11 is 3.45. The zero-order valence-corrected chi connectivity index (χ0v) is 14.0. The molecule has 0 aliphatic carbocycles. The molecule has 2 aromatic rings. The number of hydrogen-bond acceptors (Lipinski definition) is 2. The Balaban J connectivity index is 2.25. The van der Waals surface area contributed by atoms with Gasteiger partial charge in [-0.25, -0.2) is 4.39 Å². The van der Waals surface area contributed by atoms with Gasteiger partial charge in [-0.05, 0) is 67.0 Å². The molecule has 112 valence electrons. The highest BCUT2D eigenvalue weighted by Crippen LogP contribution is 2.31. The lowest BCUT2D eigenvalue weighted by atomic mass is 10.1. The minimum absolute atomic E-state index is 0.0447. The molecule has 0 aliphatic heterocycles. The summed E-state index contributed by atoms with van der Waals surface area (Å²) in [5.74, 6) is 1.10. The molecule has 0 spiro atoms. The highest BCUT2D eigenvalue weighted by Gasteiger charge is 2.13. The van der Waals surface area contributed by atoms with Crippen LogP contribution in [0.5, 0.6) is 11.5 Å². The summed E-state index contributed by atoms with van der Waals surface area (Å²) in [6, 6.07) is 12.2. The molecule has 0 saturated heterocycles. The zero-order valence-electron chi connectivity index (χ0n) is 12.4. The van der Waals surface area contributed by atoms with Crippen molar-refractivity contribution in [3.05, 3.63) is 58.3 Å². The van der Waals surface area contributed by atoms with Crippen LogP contribution in [0.4, 0.5) is 4.39 Å². The smallest absolute Gasteiger partial charge is 0.141 e. The minimum Gasteiger partial charge on any atom is -0.456 e. The fourth-order valence-electron chi connectivity index (χ4n) is 1.79. The monoisotopic (exact) mass is 351 g/mol. The Morgan fingerprint density at radius 2 is 1.81 bits per heavy atom. The van der Waals surface area contributed by atoms with E-state index in [0.29, 0.717) is 18.0 Å². The van der Waals surface area contributed by atoms with Gasteiger partial charge in [-0.15, -0.1) is 0 Å². The van der Waals surface area contributed by atoms with Gasteiger partial charge in [0.25, 0.3) is 0 Å². The molecule has 0 saturated carbocycles. The first-order valence-corrected chi connectivity index (χ1v) is 7.60. The lowest BCUT2D eigenvalue weighted by Crippen LogP contribution is -2.35. The molecule has 0 fully saturated rings. The minimum atomic E-state index is -0.264. The second-order valence-electron chi connectivity index (χ2n) is 5.89. The van der Waals surface area contributed by atoms with Gasteiger partial charge in [-0.1, -0.05) is 12.1 Å². The summed E-state index contributed by atoms with van der Waals surface area (Å²) in [7, 11) is 0. The van der Waals surface area contributed by atoms with Gasteiger partial charge in [0.15, 0.2) is 0 Å². The van der Waals surface area contributed by atoms with Gasteiger partial charge in [0.2, 0.25) is 0 Å². The summed E-state index contributed by atoms with van der Waals surface area (Å²) < 4.78 is 20.3. The van der Waals surface area contributed by atoms with Gasteiger partial charge < -0.3 is 10.1 Å². The van der Waals surface area contributed by atoms with E-state index in [-0.39, 0.29) is 11.4 Å². The van der Waals surface area contributed by atoms with Crippen molar-refractivity contribution >= 4 is 15.9 Å². The molecule has 0 aromatic heterocycles. The third-order valence-corrected chi connectivity index (χ3v) is 3.54.